The smallest absolute Gasteiger partial charge is 0.171 e. The number of hydrogen-bond acceptors (Lipinski definition) is 5. The molecule has 13 heavy (non-hydrogen) atoms. The van der Waals surface area contributed by atoms with E-state index in [0.29, 0.717) is 5.82 Å². The van der Waals surface area contributed by atoms with Crippen LogP contribution in [0.3, 0.4) is 0 Å². The van der Waals surface area contributed by atoms with Crippen molar-refractivity contribution in [2.75, 3.05) is 5.73 Å². The van der Waals surface area contributed by atoms with E-state index < -0.39 is 0 Å². The Bertz CT molecular complexity index is 368. The highest BCUT2D eigenvalue weighted by atomic mass is 32.2. The van der Waals surface area contributed by atoms with Crippen molar-refractivity contribution in [3.63, 3.8) is 0 Å². The van der Waals surface area contributed by atoms with Crippen molar-refractivity contribution in [2.45, 2.75) is 10.2 Å². The highest BCUT2D eigenvalue weighted by Crippen LogP contribution is 2.21. The Balaban J connectivity index is 2.15. The molecule has 0 aliphatic rings. The van der Waals surface area contributed by atoms with E-state index in [0.717, 1.165) is 10.2 Å². The lowest BCUT2D eigenvalue weighted by Crippen LogP contribution is -1.92. The molecule has 0 saturated heterocycles. The third-order valence-corrected chi connectivity index (χ3v) is 2.18. The largest absolute Gasteiger partial charge is 0.382 e. The Hall–Kier alpha value is -1.56. The van der Waals surface area contributed by atoms with Gasteiger partial charge in [-0.15, -0.1) is 10.2 Å². The van der Waals surface area contributed by atoms with Gasteiger partial charge in [0.1, 0.15) is 10.8 Å². The molecule has 0 amide bonds. The second-order valence-corrected chi connectivity index (χ2v) is 3.30. The zero-order chi connectivity index (χ0) is 9.10. The Morgan fingerprint density at radius 1 is 1.31 bits per heavy atom. The predicted octanol–water partition coefficient (Wildman–Crippen LogP) is 0.933. The van der Waals surface area contributed by atoms with Crippen molar-refractivity contribution < 1.29 is 0 Å². The normalized spacial score (nSPS) is 10.2. The van der Waals surface area contributed by atoms with Gasteiger partial charge >= 0.3 is 0 Å². The molecule has 66 valence electrons. The lowest BCUT2D eigenvalue weighted by atomic mass is 10.5. The van der Waals surface area contributed by atoms with E-state index in [1.807, 2.05) is 0 Å². The molecule has 2 heterocycles. The third kappa shape index (κ3) is 1.97. The second-order valence-electron chi connectivity index (χ2n) is 2.29. The maximum absolute atomic E-state index is 5.39. The molecule has 0 unspecified atom stereocenters. The van der Waals surface area contributed by atoms with Crippen LogP contribution in [0.1, 0.15) is 0 Å². The quantitative estimate of drug-likeness (QED) is 0.741. The van der Waals surface area contributed by atoms with Crippen LogP contribution in [-0.4, -0.2) is 20.2 Å². The number of H-pyrrole nitrogens is 1. The fraction of sp³-hybridized carbons (Fsp3) is 0. The Morgan fingerprint density at radius 3 is 2.85 bits per heavy atom. The van der Waals surface area contributed by atoms with Gasteiger partial charge in [-0.1, -0.05) is 0 Å². The summed E-state index contributed by atoms with van der Waals surface area (Å²) in [6.07, 6.45) is 3.44. The molecule has 2 aromatic heterocycles. The van der Waals surface area contributed by atoms with E-state index in [-0.39, 0.29) is 0 Å². The highest BCUT2D eigenvalue weighted by molar-refractivity contribution is 7.99. The van der Waals surface area contributed by atoms with Crippen molar-refractivity contribution in [2.24, 2.45) is 0 Å². The van der Waals surface area contributed by atoms with Crippen LogP contribution < -0.4 is 5.73 Å². The number of imidazole rings is 1. The summed E-state index contributed by atoms with van der Waals surface area (Å²) in [5.74, 6) is 0.420. The number of hydrogen-bond donors (Lipinski definition) is 2. The molecule has 0 aliphatic heterocycles. The minimum Gasteiger partial charge on any atom is -0.382 e. The number of anilines is 1. The first-order valence-corrected chi connectivity index (χ1v) is 4.43. The summed E-state index contributed by atoms with van der Waals surface area (Å²) < 4.78 is 0. The molecule has 0 saturated carbocycles. The van der Waals surface area contributed by atoms with Gasteiger partial charge in [0.2, 0.25) is 0 Å². The van der Waals surface area contributed by atoms with Gasteiger partial charge in [0.15, 0.2) is 5.16 Å². The van der Waals surface area contributed by atoms with Crippen LogP contribution in [0.25, 0.3) is 0 Å². The van der Waals surface area contributed by atoms with Crippen LogP contribution >= 0.6 is 11.8 Å². The maximum atomic E-state index is 5.39. The maximum Gasteiger partial charge on any atom is 0.171 e. The zero-order valence-corrected chi connectivity index (χ0v) is 7.45. The van der Waals surface area contributed by atoms with E-state index in [9.17, 15) is 0 Å². The molecule has 0 atom stereocenters. The molecular formula is C7H7N5S. The Labute approximate surface area is 78.8 Å². The number of aromatic nitrogens is 4. The van der Waals surface area contributed by atoms with Crippen molar-refractivity contribution >= 4 is 17.6 Å². The van der Waals surface area contributed by atoms with Gasteiger partial charge in [-0.25, -0.2) is 4.98 Å². The number of nitrogens with two attached hydrogens (primary N) is 1. The van der Waals surface area contributed by atoms with Gasteiger partial charge in [-0.3, -0.25) is 0 Å². The number of aromatic amines is 1. The fourth-order valence-electron chi connectivity index (χ4n) is 0.790. The van der Waals surface area contributed by atoms with E-state index in [4.69, 9.17) is 5.73 Å². The van der Waals surface area contributed by atoms with E-state index >= 15 is 0 Å². The summed E-state index contributed by atoms with van der Waals surface area (Å²) in [6.45, 7) is 0. The van der Waals surface area contributed by atoms with Crippen molar-refractivity contribution in [1.29, 1.82) is 0 Å². The Morgan fingerprint density at radius 2 is 2.23 bits per heavy atom. The van der Waals surface area contributed by atoms with Gasteiger partial charge in [0, 0.05) is 12.4 Å². The van der Waals surface area contributed by atoms with Crippen LogP contribution in [0.15, 0.2) is 34.7 Å². The number of nitrogen functional groups attached to an aromatic ring is 1. The van der Waals surface area contributed by atoms with Gasteiger partial charge in [0.25, 0.3) is 0 Å². The van der Waals surface area contributed by atoms with Gasteiger partial charge in [0.05, 0.1) is 0 Å². The van der Waals surface area contributed by atoms with Crippen molar-refractivity contribution in [3.05, 3.63) is 24.5 Å². The van der Waals surface area contributed by atoms with Crippen LogP contribution in [0.5, 0.6) is 0 Å². The van der Waals surface area contributed by atoms with Crippen LogP contribution in [-0.2, 0) is 0 Å². The van der Waals surface area contributed by atoms with Gasteiger partial charge in [-0.2, -0.15) is 0 Å². The predicted molar refractivity (Wildman–Crippen MR) is 49.2 cm³/mol. The minimum absolute atomic E-state index is 0.420. The summed E-state index contributed by atoms with van der Waals surface area (Å²) >= 11 is 1.41. The lowest BCUT2D eigenvalue weighted by Gasteiger charge is -1.95. The first-order valence-electron chi connectivity index (χ1n) is 3.61. The SMILES string of the molecule is Nc1ccc(Sc2ncc[nH]2)nn1. The molecule has 5 nitrogen and oxygen atoms in total. The molecule has 6 heteroatoms. The molecule has 0 spiro atoms. The average Bonchev–Trinajstić information content (AvgIpc) is 2.62. The fourth-order valence-corrected chi connectivity index (χ4v) is 1.45. The molecule has 0 aromatic carbocycles. The third-order valence-electron chi connectivity index (χ3n) is 1.34. The summed E-state index contributed by atoms with van der Waals surface area (Å²) in [7, 11) is 0. The number of nitrogens with one attached hydrogen (secondary N) is 1. The average molecular weight is 193 g/mol. The topological polar surface area (TPSA) is 80.5 Å². The minimum atomic E-state index is 0.420. The van der Waals surface area contributed by atoms with Crippen LogP contribution in [0, 0.1) is 0 Å². The van der Waals surface area contributed by atoms with Gasteiger partial charge in [-0.05, 0) is 23.9 Å². The molecule has 3 N–H and O–H groups in total. The molecule has 0 bridgehead atoms. The van der Waals surface area contributed by atoms with E-state index in [1.165, 1.54) is 11.8 Å². The van der Waals surface area contributed by atoms with Crippen LogP contribution in [0.2, 0.25) is 0 Å². The standard InChI is InChI=1S/C7H7N5S/c8-5-1-2-6(12-11-5)13-7-9-3-4-10-7/h1-4H,(H2,8,11)(H,9,10). The number of rotatable bonds is 2. The molecule has 2 rings (SSSR count). The Kier molecular flexibility index (Phi) is 2.13. The summed E-state index contributed by atoms with van der Waals surface area (Å²) in [6, 6.07) is 3.51. The van der Waals surface area contributed by atoms with Gasteiger partial charge < -0.3 is 10.7 Å². The first kappa shape index (κ1) is 8.06. The summed E-state index contributed by atoms with van der Waals surface area (Å²) in [4.78, 5) is 7.00. The number of nitrogens with zero attached hydrogens (tertiary/aromatic N) is 3. The van der Waals surface area contributed by atoms with E-state index in [2.05, 4.69) is 20.2 Å². The first-order chi connectivity index (χ1) is 6.34. The van der Waals surface area contributed by atoms with E-state index in [1.54, 1.807) is 24.5 Å². The molecule has 0 aliphatic carbocycles. The van der Waals surface area contributed by atoms with Crippen molar-refractivity contribution in [3.8, 4) is 0 Å². The molecule has 0 radical (unpaired) electrons. The zero-order valence-electron chi connectivity index (χ0n) is 6.64. The summed E-state index contributed by atoms with van der Waals surface area (Å²) in [5, 5.41) is 9.16. The molecule has 2 aromatic rings. The van der Waals surface area contributed by atoms with Crippen LogP contribution in [0.4, 0.5) is 5.82 Å². The monoisotopic (exact) mass is 193 g/mol. The highest BCUT2D eigenvalue weighted by Gasteiger charge is 2.00. The summed E-state index contributed by atoms with van der Waals surface area (Å²) in [5.41, 5.74) is 5.39. The lowest BCUT2D eigenvalue weighted by molar-refractivity contribution is 0.931. The molecular weight excluding hydrogens is 186 g/mol. The van der Waals surface area contributed by atoms with Crippen molar-refractivity contribution in [1.82, 2.24) is 20.2 Å². The second kappa shape index (κ2) is 3.44. The molecule has 0 fully saturated rings.